The maximum atomic E-state index is 13.7. The van der Waals surface area contributed by atoms with Crippen molar-refractivity contribution < 1.29 is 35.9 Å². The van der Waals surface area contributed by atoms with Crippen LogP contribution in [0.5, 0.6) is 5.75 Å². The first-order chi connectivity index (χ1) is 14.2. The highest BCUT2D eigenvalue weighted by Gasteiger charge is 2.30. The minimum absolute atomic E-state index is 0.141. The van der Waals surface area contributed by atoms with E-state index in [0.29, 0.717) is 6.07 Å². The number of halogens is 4. The Morgan fingerprint density at radius 1 is 1.13 bits per heavy atom. The molecule has 2 aromatic carbocycles. The number of carbonyl (C=O) groups is 1. The van der Waals surface area contributed by atoms with Crippen LogP contribution in [0.1, 0.15) is 0 Å². The number of hydrogen-bond donors (Lipinski definition) is 1. The molecule has 0 spiro atoms. The number of ether oxygens (including phenoxy) is 2. The van der Waals surface area contributed by atoms with Gasteiger partial charge < -0.3 is 14.8 Å². The van der Waals surface area contributed by atoms with Crippen molar-refractivity contribution in [1.82, 2.24) is 4.31 Å². The summed E-state index contributed by atoms with van der Waals surface area (Å²) in [6.07, 6.45) is 0. The van der Waals surface area contributed by atoms with Crippen LogP contribution in [0.4, 0.5) is 18.9 Å². The van der Waals surface area contributed by atoms with Crippen LogP contribution < -0.4 is 10.1 Å². The molecular weight excluding hydrogens is 449 g/mol. The average molecular weight is 465 g/mol. The van der Waals surface area contributed by atoms with Gasteiger partial charge in [0.1, 0.15) is 10.6 Å². The predicted molar refractivity (Wildman–Crippen MR) is 101 cm³/mol. The molecule has 2 aromatic rings. The number of nitrogens with one attached hydrogen (secondary N) is 1. The highest BCUT2D eigenvalue weighted by molar-refractivity contribution is 7.89. The molecule has 7 nitrogen and oxygen atoms in total. The van der Waals surface area contributed by atoms with E-state index >= 15 is 0 Å². The molecular formula is C18H16ClF3N2O5S. The molecule has 162 valence electrons. The Balaban J connectivity index is 1.76. The fourth-order valence-corrected chi connectivity index (χ4v) is 4.48. The van der Waals surface area contributed by atoms with Crippen molar-refractivity contribution in [2.24, 2.45) is 0 Å². The smallest absolute Gasteiger partial charge is 0.262 e. The second-order valence-electron chi connectivity index (χ2n) is 6.17. The van der Waals surface area contributed by atoms with Crippen molar-refractivity contribution in [3.8, 4) is 5.75 Å². The van der Waals surface area contributed by atoms with Crippen molar-refractivity contribution in [3.63, 3.8) is 0 Å². The molecule has 1 aliphatic heterocycles. The number of sulfonamides is 1. The van der Waals surface area contributed by atoms with Gasteiger partial charge >= 0.3 is 0 Å². The first-order valence-corrected chi connectivity index (χ1v) is 10.5. The Kier molecular flexibility index (Phi) is 6.86. The lowest BCUT2D eigenvalue weighted by atomic mass is 10.3. The molecule has 1 heterocycles. The number of rotatable bonds is 6. The van der Waals surface area contributed by atoms with Gasteiger partial charge in [-0.2, -0.15) is 4.31 Å². The number of amides is 1. The maximum absolute atomic E-state index is 13.7. The van der Waals surface area contributed by atoms with E-state index in [-0.39, 0.29) is 42.0 Å². The van der Waals surface area contributed by atoms with E-state index in [0.717, 1.165) is 6.07 Å². The molecule has 12 heteroatoms. The van der Waals surface area contributed by atoms with Crippen LogP contribution in [-0.4, -0.2) is 51.5 Å². The molecule has 1 saturated heterocycles. The Labute approximate surface area is 175 Å². The topological polar surface area (TPSA) is 84.9 Å². The van der Waals surface area contributed by atoms with Gasteiger partial charge in [0.2, 0.25) is 10.0 Å². The number of carbonyl (C=O) groups excluding carboxylic acids is 1. The molecule has 1 aliphatic rings. The number of hydrogen-bond acceptors (Lipinski definition) is 5. The largest absolute Gasteiger partial charge is 0.482 e. The molecule has 0 aliphatic carbocycles. The van der Waals surface area contributed by atoms with Crippen molar-refractivity contribution in [2.45, 2.75) is 4.90 Å². The SMILES string of the molecule is O=C(COc1ccc(Cl)cc1S(=O)(=O)N1CCOCC1)Nc1ccc(F)c(F)c1F. The van der Waals surface area contributed by atoms with Crippen LogP contribution in [0, 0.1) is 17.5 Å². The van der Waals surface area contributed by atoms with Crippen LogP contribution >= 0.6 is 11.6 Å². The average Bonchev–Trinajstić information content (AvgIpc) is 2.74. The Hall–Kier alpha value is -2.34. The normalized spacial score (nSPS) is 15.1. The zero-order valence-corrected chi connectivity index (χ0v) is 16.9. The summed E-state index contributed by atoms with van der Waals surface area (Å²) in [7, 11) is -3.98. The highest BCUT2D eigenvalue weighted by Crippen LogP contribution is 2.30. The Bertz CT molecular complexity index is 1060. The van der Waals surface area contributed by atoms with Gasteiger partial charge in [0.05, 0.1) is 18.9 Å². The number of morpholine rings is 1. The summed E-state index contributed by atoms with van der Waals surface area (Å²) in [6, 6.07) is 5.35. The van der Waals surface area contributed by atoms with Crippen molar-refractivity contribution in [3.05, 3.63) is 52.8 Å². The lowest BCUT2D eigenvalue weighted by molar-refractivity contribution is -0.118. The second kappa shape index (κ2) is 9.21. The summed E-state index contributed by atoms with van der Waals surface area (Å²) in [5.74, 6) is -5.76. The van der Waals surface area contributed by atoms with Gasteiger partial charge in [-0.05, 0) is 30.3 Å². The lowest BCUT2D eigenvalue weighted by Gasteiger charge is -2.26. The van der Waals surface area contributed by atoms with Gasteiger partial charge in [0.15, 0.2) is 24.1 Å². The summed E-state index contributed by atoms with van der Waals surface area (Å²) >= 11 is 5.93. The maximum Gasteiger partial charge on any atom is 0.262 e. The van der Waals surface area contributed by atoms with E-state index in [1.807, 2.05) is 5.32 Å². The molecule has 1 amide bonds. The highest BCUT2D eigenvalue weighted by atomic mass is 35.5. The van der Waals surface area contributed by atoms with Gasteiger partial charge in [-0.15, -0.1) is 0 Å². The van der Waals surface area contributed by atoms with Gasteiger partial charge in [-0.1, -0.05) is 11.6 Å². The monoisotopic (exact) mass is 464 g/mol. The van der Waals surface area contributed by atoms with Gasteiger partial charge in [-0.3, -0.25) is 4.79 Å². The van der Waals surface area contributed by atoms with E-state index in [1.165, 1.54) is 22.5 Å². The zero-order valence-electron chi connectivity index (χ0n) is 15.3. The molecule has 0 aromatic heterocycles. The molecule has 0 unspecified atom stereocenters. The lowest BCUT2D eigenvalue weighted by Crippen LogP contribution is -2.40. The zero-order chi connectivity index (χ0) is 21.9. The standard InChI is InChI=1S/C18H16ClF3N2O5S/c19-11-1-4-14(15(9-11)30(26,27)24-5-7-28-8-6-24)29-10-16(25)23-13-3-2-12(20)17(21)18(13)22/h1-4,9H,5-8,10H2,(H,23,25). The van der Waals surface area contributed by atoms with E-state index in [2.05, 4.69) is 0 Å². The fraction of sp³-hybridized carbons (Fsp3) is 0.278. The van der Waals surface area contributed by atoms with Crippen LogP contribution in [0.25, 0.3) is 0 Å². The molecule has 1 fully saturated rings. The number of anilines is 1. The molecule has 0 bridgehead atoms. The van der Waals surface area contributed by atoms with Crippen molar-refractivity contribution in [1.29, 1.82) is 0 Å². The van der Waals surface area contributed by atoms with E-state index in [4.69, 9.17) is 21.1 Å². The summed E-state index contributed by atoms with van der Waals surface area (Å²) in [5, 5.41) is 2.17. The minimum atomic E-state index is -3.98. The molecule has 30 heavy (non-hydrogen) atoms. The van der Waals surface area contributed by atoms with Gasteiger partial charge in [-0.25, -0.2) is 21.6 Å². The Morgan fingerprint density at radius 2 is 1.83 bits per heavy atom. The third kappa shape index (κ3) is 4.86. The quantitative estimate of drug-likeness (QED) is 0.664. The van der Waals surface area contributed by atoms with Crippen molar-refractivity contribution in [2.75, 3.05) is 38.2 Å². The van der Waals surface area contributed by atoms with E-state index < -0.39 is 45.7 Å². The van der Waals surface area contributed by atoms with Crippen LogP contribution in [0.3, 0.4) is 0 Å². The molecule has 0 atom stereocenters. The first-order valence-electron chi connectivity index (χ1n) is 8.63. The summed E-state index contributed by atoms with van der Waals surface area (Å²) in [6.45, 7) is 0.0381. The second-order valence-corrected chi connectivity index (χ2v) is 8.51. The fourth-order valence-electron chi connectivity index (χ4n) is 2.68. The van der Waals surface area contributed by atoms with Crippen molar-refractivity contribution >= 4 is 33.2 Å². The first kappa shape index (κ1) is 22.3. The Morgan fingerprint density at radius 3 is 2.53 bits per heavy atom. The summed E-state index contributed by atoms with van der Waals surface area (Å²) < 4.78 is 77.4. The summed E-state index contributed by atoms with van der Waals surface area (Å²) in [5.41, 5.74) is -0.584. The number of benzene rings is 2. The minimum Gasteiger partial charge on any atom is -0.482 e. The molecule has 1 N–H and O–H groups in total. The molecule has 0 saturated carbocycles. The third-order valence-electron chi connectivity index (χ3n) is 4.16. The van der Waals surface area contributed by atoms with E-state index in [1.54, 1.807) is 0 Å². The van der Waals surface area contributed by atoms with Gasteiger partial charge in [0.25, 0.3) is 5.91 Å². The van der Waals surface area contributed by atoms with Crippen LogP contribution in [0.2, 0.25) is 5.02 Å². The molecule has 3 rings (SSSR count). The molecule has 0 radical (unpaired) electrons. The van der Waals surface area contributed by atoms with Crippen LogP contribution in [-0.2, 0) is 19.6 Å². The van der Waals surface area contributed by atoms with Crippen LogP contribution in [0.15, 0.2) is 35.2 Å². The number of nitrogens with zero attached hydrogens (tertiary/aromatic N) is 1. The predicted octanol–water partition coefficient (Wildman–Crippen LogP) is 2.80. The van der Waals surface area contributed by atoms with Gasteiger partial charge in [0, 0.05) is 18.1 Å². The van der Waals surface area contributed by atoms with E-state index in [9.17, 15) is 26.4 Å². The summed E-state index contributed by atoms with van der Waals surface area (Å²) in [4.78, 5) is 11.8. The third-order valence-corrected chi connectivity index (χ3v) is 6.32.